The summed E-state index contributed by atoms with van der Waals surface area (Å²) in [5.41, 5.74) is -5.69. The maximum atomic E-state index is 15.7. The molecule has 0 saturated heterocycles. The Morgan fingerprint density at radius 2 is 1.53 bits per heavy atom. The van der Waals surface area contributed by atoms with E-state index < -0.39 is 63.8 Å². The smallest absolute Gasteiger partial charge is 0.419 e. The second kappa shape index (κ2) is 9.86. The predicted molar refractivity (Wildman–Crippen MR) is 112 cm³/mol. The van der Waals surface area contributed by atoms with Crippen LogP contribution in [0.15, 0.2) is 18.2 Å². The number of aryl methyl sites for hydroxylation is 2. The Hall–Kier alpha value is -2.12. The minimum atomic E-state index is -5.30. The molecule has 2 aromatic rings. The largest absolute Gasteiger partial charge is 0.466 e. The number of alkyl halides is 6. The SMILES string of the molecule is CCOC(=O)CC([Si])(NS)c1c(F)c(-c2c(C)cc(C(F)(F)F)cc2C)cc(C(F)(F)F)c1F. The van der Waals surface area contributed by atoms with Gasteiger partial charge in [-0.15, -0.1) is 0 Å². The van der Waals surface area contributed by atoms with Crippen molar-refractivity contribution in [2.45, 2.75) is 44.7 Å². The van der Waals surface area contributed by atoms with Crippen molar-refractivity contribution < 1.29 is 44.7 Å². The Morgan fingerprint density at radius 3 is 1.94 bits per heavy atom. The minimum Gasteiger partial charge on any atom is -0.466 e. The van der Waals surface area contributed by atoms with Crippen LogP contribution in [0.25, 0.3) is 11.1 Å². The van der Waals surface area contributed by atoms with Gasteiger partial charge in [0.15, 0.2) is 0 Å². The molecule has 1 unspecified atom stereocenters. The zero-order valence-corrected chi connectivity index (χ0v) is 19.8. The summed E-state index contributed by atoms with van der Waals surface area (Å²) in [6, 6.07) is 1.48. The van der Waals surface area contributed by atoms with Crippen LogP contribution >= 0.6 is 12.8 Å². The van der Waals surface area contributed by atoms with Gasteiger partial charge in [-0.3, -0.25) is 9.52 Å². The normalized spacial score (nSPS) is 14.1. The van der Waals surface area contributed by atoms with Crippen LogP contribution in [0, 0.1) is 25.5 Å². The van der Waals surface area contributed by atoms with E-state index in [0.717, 1.165) is 13.8 Å². The van der Waals surface area contributed by atoms with Crippen molar-refractivity contribution in [1.82, 2.24) is 4.72 Å². The molecule has 0 fully saturated rings. The van der Waals surface area contributed by atoms with E-state index in [1.807, 2.05) is 0 Å². The average molecular weight is 529 g/mol. The lowest BCUT2D eigenvalue weighted by molar-refractivity contribution is -0.144. The summed E-state index contributed by atoms with van der Waals surface area (Å²) in [5, 5.41) is -2.30. The van der Waals surface area contributed by atoms with Crippen molar-refractivity contribution in [3.05, 3.63) is 57.7 Å². The number of carbonyl (C=O) groups excluding carboxylic acids is 1. The first-order valence-electron chi connectivity index (χ1n) is 9.58. The summed E-state index contributed by atoms with van der Waals surface area (Å²) in [7, 11) is 2.93. The second-order valence-corrected chi connectivity index (χ2v) is 8.53. The molecule has 0 aliphatic heterocycles. The van der Waals surface area contributed by atoms with Gasteiger partial charge in [-0.1, -0.05) is 12.8 Å². The van der Waals surface area contributed by atoms with Crippen molar-refractivity contribution in [3.8, 4) is 11.1 Å². The molecule has 2 aromatic carbocycles. The van der Waals surface area contributed by atoms with Crippen LogP contribution in [0.3, 0.4) is 0 Å². The number of hydrogen-bond acceptors (Lipinski definition) is 4. The van der Waals surface area contributed by atoms with E-state index in [4.69, 9.17) is 4.74 Å². The number of ether oxygens (including phenoxy) is 1. The molecular formula is C21H18F8NO2SSi. The fourth-order valence-electron chi connectivity index (χ4n) is 3.56. The van der Waals surface area contributed by atoms with E-state index in [1.54, 1.807) is 0 Å². The van der Waals surface area contributed by atoms with Gasteiger partial charge in [-0.2, -0.15) is 26.3 Å². The zero-order chi connectivity index (χ0) is 26.2. The van der Waals surface area contributed by atoms with E-state index in [-0.39, 0.29) is 29.4 Å². The Balaban J connectivity index is 2.94. The molecule has 0 saturated carbocycles. The maximum Gasteiger partial charge on any atom is 0.419 e. The van der Waals surface area contributed by atoms with Crippen LogP contribution in [0.1, 0.15) is 41.2 Å². The van der Waals surface area contributed by atoms with E-state index in [1.165, 1.54) is 6.92 Å². The van der Waals surface area contributed by atoms with Gasteiger partial charge in [-0.05, 0) is 55.7 Å². The first-order chi connectivity index (χ1) is 15.5. The molecule has 3 nitrogen and oxygen atoms in total. The lowest BCUT2D eigenvalue weighted by atomic mass is 9.88. The summed E-state index contributed by atoms with van der Waals surface area (Å²) < 4.78 is 118. The standard InChI is InChI=1S/C21H18F8NO2SSi/c1-4-32-14(31)8-19(34,30-33)16-17(22)12(7-13(18(16)23)21(27,28)29)15-9(2)5-11(6-10(15)3)20(24,25)26/h5-7,30,33H,4,8H2,1-3H3. The highest BCUT2D eigenvalue weighted by Gasteiger charge is 2.43. The van der Waals surface area contributed by atoms with Crippen LogP contribution < -0.4 is 4.72 Å². The van der Waals surface area contributed by atoms with Gasteiger partial charge in [0.25, 0.3) is 0 Å². The molecule has 0 heterocycles. The molecule has 0 spiro atoms. The molecular weight excluding hydrogens is 510 g/mol. The predicted octanol–water partition coefficient (Wildman–Crippen LogP) is 6.00. The Morgan fingerprint density at radius 1 is 1.00 bits per heavy atom. The number of nitrogens with one attached hydrogen (secondary N) is 1. The van der Waals surface area contributed by atoms with Crippen molar-refractivity contribution in [2.75, 3.05) is 6.61 Å². The van der Waals surface area contributed by atoms with E-state index in [0.29, 0.717) is 12.1 Å². The van der Waals surface area contributed by atoms with Gasteiger partial charge in [0, 0.05) is 11.1 Å². The number of halogens is 8. The Bertz CT molecular complexity index is 1080. The van der Waals surface area contributed by atoms with Crippen LogP contribution in [-0.2, 0) is 27.0 Å². The number of rotatable bonds is 6. The van der Waals surface area contributed by atoms with Crippen molar-refractivity contribution in [1.29, 1.82) is 0 Å². The highest BCUT2D eigenvalue weighted by atomic mass is 32.1. The lowest BCUT2D eigenvalue weighted by Crippen LogP contribution is -2.42. The van der Waals surface area contributed by atoms with E-state index >= 15 is 8.78 Å². The molecule has 0 amide bonds. The zero-order valence-electron chi connectivity index (χ0n) is 17.9. The molecule has 185 valence electrons. The van der Waals surface area contributed by atoms with Gasteiger partial charge in [0.05, 0.1) is 39.6 Å². The number of hydrogen-bond donors (Lipinski definition) is 2. The Kier molecular flexibility index (Phi) is 8.15. The lowest BCUT2D eigenvalue weighted by Gasteiger charge is -2.31. The van der Waals surface area contributed by atoms with Crippen molar-refractivity contribution >= 4 is 29.0 Å². The second-order valence-electron chi connectivity index (χ2n) is 7.45. The van der Waals surface area contributed by atoms with Gasteiger partial charge >= 0.3 is 18.3 Å². The number of benzene rings is 2. The quantitative estimate of drug-likeness (QED) is 0.209. The van der Waals surface area contributed by atoms with Gasteiger partial charge in [0.1, 0.15) is 11.6 Å². The molecule has 0 aromatic heterocycles. The third-order valence-corrected chi connectivity index (χ3v) is 6.11. The molecule has 3 radical (unpaired) electrons. The number of thiol groups is 1. The van der Waals surface area contributed by atoms with Crippen LogP contribution in [-0.4, -0.2) is 22.8 Å². The van der Waals surface area contributed by atoms with Gasteiger partial charge < -0.3 is 4.74 Å². The van der Waals surface area contributed by atoms with Gasteiger partial charge in [0.2, 0.25) is 0 Å². The molecule has 0 aliphatic rings. The maximum absolute atomic E-state index is 15.7. The number of esters is 1. The number of carbonyl (C=O) groups is 1. The fourth-order valence-corrected chi connectivity index (χ4v) is 4.12. The first-order valence-corrected chi connectivity index (χ1v) is 10.5. The van der Waals surface area contributed by atoms with Crippen LogP contribution in [0.5, 0.6) is 0 Å². The summed E-state index contributed by atoms with van der Waals surface area (Å²) in [5.74, 6) is -4.58. The van der Waals surface area contributed by atoms with Crippen LogP contribution in [0.4, 0.5) is 35.1 Å². The monoisotopic (exact) mass is 528 g/mol. The average Bonchev–Trinajstić information content (AvgIpc) is 2.67. The molecule has 0 aliphatic carbocycles. The van der Waals surface area contributed by atoms with Gasteiger partial charge in [-0.25, -0.2) is 8.78 Å². The van der Waals surface area contributed by atoms with E-state index in [2.05, 4.69) is 27.8 Å². The highest BCUT2D eigenvalue weighted by Crippen LogP contribution is 2.44. The Labute approximate surface area is 198 Å². The first kappa shape index (κ1) is 28.1. The third kappa shape index (κ3) is 5.57. The minimum absolute atomic E-state index is 0.115. The molecule has 0 bridgehead atoms. The molecule has 1 atom stereocenters. The molecule has 34 heavy (non-hydrogen) atoms. The van der Waals surface area contributed by atoms with Crippen LogP contribution in [0.2, 0.25) is 0 Å². The highest BCUT2D eigenvalue weighted by molar-refractivity contribution is 7.78. The summed E-state index contributed by atoms with van der Waals surface area (Å²) in [6.07, 6.45) is -10.9. The third-order valence-electron chi connectivity index (χ3n) is 4.97. The molecule has 13 heteroatoms. The summed E-state index contributed by atoms with van der Waals surface area (Å²) in [4.78, 5) is 12.0. The molecule has 1 N–H and O–H groups in total. The molecule has 2 rings (SSSR count). The summed E-state index contributed by atoms with van der Waals surface area (Å²) >= 11 is 3.72. The van der Waals surface area contributed by atoms with E-state index in [9.17, 15) is 31.1 Å². The fraction of sp³-hybridized carbons (Fsp3) is 0.381. The van der Waals surface area contributed by atoms with Crippen molar-refractivity contribution in [2.24, 2.45) is 0 Å². The van der Waals surface area contributed by atoms with Crippen molar-refractivity contribution in [3.63, 3.8) is 0 Å². The summed E-state index contributed by atoms with van der Waals surface area (Å²) in [6.45, 7) is 3.64. The topological polar surface area (TPSA) is 38.3 Å².